The summed E-state index contributed by atoms with van der Waals surface area (Å²) >= 11 is 0. The standard InChI is InChI=1S/C9H17N/c1-7(2)9(10(3)4)8-5-6-8/h8H,5-6H2,1-4H3. The fourth-order valence-corrected chi connectivity index (χ4v) is 1.58. The van der Waals surface area contributed by atoms with Gasteiger partial charge in [0.05, 0.1) is 0 Å². The molecule has 1 saturated carbocycles. The molecule has 1 aliphatic rings. The first-order valence-corrected chi connectivity index (χ1v) is 3.97. The first-order chi connectivity index (χ1) is 4.63. The van der Waals surface area contributed by atoms with Crippen molar-refractivity contribution in [3.63, 3.8) is 0 Å². The van der Waals surface area contributed by atoms with Gasteiger partial charge in [-0.05, 0) is 32.6 Å². The summed E-state index contributed by atoms with van der Waals surface area (Å²) in [6, 6.07) is 0. The zero-order chi connectivity index (χ0) is 7.72. The van der Waals surface area contributed by atoms with Crippen LogP contribution >= 0.6 is 0 Å². The van der Waals surface area contributed by atoms with E-state index in [0.29, 0.717) is 0 Å². The summed E-state index contributed by atoms with van der Waals surface area (Å²) in [4.78, 5) is 2.26. The maximum absolute atomic E-state index is 2.26. The van der Waals surface area contributed by atoms with Gasteiger partial charge in [0.1, 0.15) is 0 Å². The van der Waals surface area contributed by atoms with Crippen LogP contribution in [-0.4, -0.2) is 19.0 Å². The molecule has 0 N–H and O–H groups in total. The number of hydrogen-bond acceptors (Lipinski definition) is 1. The van der Waals surface area contributed by atoms with Crippen molar-refractivity contribution in [3.8, 4) is 0 Å². The third kappa shape index (κ3) is 1.53. The second-order valence-electron chi connectivity index (χ2n) is 3.55. The maximum Gasteiger partial charge on any atom is 0.0145 e. The van der Waals surface area contributed by atoms with Gasteiger partial charge in [0.2, 0.25) is 0 Å². The van der Waals surface area contributed by atoms with Gasteiger partial charge < -0.3 is 4.90 Å². The lowest BCUT2D eigenvalue weighted by atomic mass is 10.2. The molecule has 58 valence electrons. The molecule has 1 nitrogen and oxygen atoms in total. The Morgan fingerprint density at radius 1 is 1.20 bits per heavy atom. The molecule has 0 unspecified atom stereocenters. The third-order valence-electron chi connectivity index (χ3n) is 1.96. The van der Waals surface area contributed by atoms with Crippen LogP contribution in [-0.2, 0) is 0 Å². The van der Waals surface area contributed by atoms with Crippen LogP contribution in [0.3, 0.4) is 0 Å². The van der Waals surface area contributed by atoms with Crippen molar-refractivity contribution in [2.45, 2.75) is 26.7 Å². The topological polar surface area (TPSA) is 3.24 Å². The van der Waals surface area contributed by atoms with Gasteiger partial charge in [-0.2, -0.15) is 0 Å². The second kappa shape index (κ2) is 2.65. The Hall–Kier alpha value is -0.460. The summed E-state index contributed by atoms with van der Waals surface area (Å²) in [7, 11) is 4.28. The minimum atomic E-state index is 0.889. The Morgan fingerprint density at radius 2 is 1.70 bits per heavy atom. The summed E-state index contributed by atoms with van der Waals surface area (Å²) in [6.45, 7) is 4.40. The van der Waals surface area contributed by atoms with Gasteiger partial charge in [-0.1, -0.05) is 5.57 Å². The fraction of sp³-hybridized carbons (Fsp3) is 0.778. The summed E-state index contributed by atoms with van der Waals surface area (Å²) in [6.07, 6.45) is 2.80. The molecule has 0 radical (unpaired) electrons. The number of rotatable bonds is 2. The molecule has 1 rings (SSSR count). The van der Waals surface area contributed by atoms with E-state index in [9.17, 15) is 0 Å². The first kappa shape index (κ1) is 7.64. The summed E-state index contributed by atoms with van der Waals surface area (Å²) in [5.74, 6) is 0.889. The Morgan fingerprint density at radius 3 is 1.80 bits per heavy atom. The Kier molecular flexibility index (Phi) is 2.02. The van der Waals surface area contributed by atoms with Crippen LogP contribution in [0, 0.1) is 5.92 Å². The van der Waals surface area contributed by atoms with Crippen molar-refractivity contribution in [2.24, 2.45) is 5.92 Å². The SMILES string of the molecule is CC(C)=C(C1CC1)N(C)C. The van der Waals surface area contributed by atoms with Gasteiger partial charge in [-0.15, -0.1) is 0 Å². The summed E-state index contributed by atoms with van der Waals surface area (Å²) < 4.78 is 0. The number of hydrogen-bond donors (Lipinski definition) is 0. The Bertz CT molecular complexity index is 144. The fourth-order valence-electron chi connectivity index (χ4n) is 1.58. The second-order valence-corrected chi connectivity index (χ2v) is 3.55. The lowest BCUT2D eigenvalue weighted by Gasteiger charge is -2.18. The van der Waals surface area contributed by atoms with E-state index in [-0.39, 0.29) is 0 Å². The van der Waals surface area contributed by atoms with Crippen molar-refractivity contribution in [1.29, 1.82) is 0 Å². The van der Waals surface area contributed by atoms with E-state index in [1.54, 1.807) is 5.70 Å². The highest BCUT2D eigenvalue weighted by atomic mass is 15.1. The minimum Gasteiger partial charge on any atom is -0.381 e. The van der Waals surface area contributed by atoms with E-state index in [0.717, 1.165) is 5.92 Å². The third-order valence-corrected chi connectivity index (χ3v) is 1.96. The van der Waals surface area contributed by atoms with Crippen molar-refractivity contribution in [1.82, 2.24) is 4.90 Å². The molecule has 0 aromatic carbocycles. The van der Waals surface area contributed by atoms with Crippen LogP contribution in [0.25, 0.3) is 0 Å². The summed E-state index contributed by atoms with van der Waals surface area (Å²) in [5.41, 5.74) is 3.03. The van der Waals surface area contributed by atoms with E-state index in [1.165, 1.54) is 18.4 Å². The monoisotopic (exact) mass is 139 g/mol. The molecule has 1 aliphatic carbocycles. The molecular weight excluding hydrogens is 122 g/mol. The van der Waals surface area contributed by atoms with Crippen LogP contribution in [0.1, 0.15) is 26.7 Å². The van der Waals surface area contributed by atoms with Crippen LogP contribution in [0.2, 0.25) is 0 Å². The zero-order valence-electron chi connectivity index (χ0n) is 7.44. The van der Waals surface area contributed by atoms with Gasteiger partial charge >= 0.3 is 0 Å². The van der Waals surface area contributed by atoms with Gasteiger partial charge in [0.25, 0.3) is 0 Å². The van der Waals surface area contributed by atoms with Crippen LogP contribution in [0.5, 0.6) is 0 Å². The Labute approximate surface area is 63.7 Å². The first-order valence-electron chi connectivity index (χ1n) is 3.97. The minimum absolute atomic E-state index is 0.889. The molecule has 0 aromatic heterocycles. The van der Waals surface area contributed by atoms with Gasteiger partial charge in [0.15, 0.2) is 0 Å². The Balaban J connectivity index is 2.68. The molecule has 0 bridgehead atoms. The highest BCUT2D eigenvalue weighted by Gasteiger charge is 2.27. The maximum atomic E-state index is 2.26. The summed E-state index contributed by atoms with van der Waals surface area (Å²) in [5, 5.41) is 0. The smallest absolute Gasteiger partial charge is 0.0145 e. The van der Waals surface area contributed by atoms with Crippen molar-refractivity contribution in [2.75, 3.05) is 14.1 Å². The molecule has 0 amide bonds. The van der Waals surface area contributed by atoms with E-state index in [4.69, 9.17) is 0 Å². The van der Waals surface area contributed by atoms with Gasteiger partial charge in [-0.3, -0.25) is 0 Å². The van der Waals surface area contributed by atoms with E-state index >= 15 is 0 Å². The van der Waals surface area contributed by atoms with Crippen LogP contribution in [0.4, 0.5) is 0 Å². The van der Waals surface area contributed by atoms with E-state index in [1.807, 2.05) is 0 Å². The lowest BCUT2D eigenvalue weighted by molar-refractivity contribution is 0.472. The van der Waals surface area contributed by atoms with Crippen molar-refractivity contribution < 1.29 is 0 Å². The molecule has 1 heteroatoms. The normalized spacial score (nSPS) is 16.8. The number of nitrogens with zero attached hydrogens (tertiary/aromatic N) is 1. The average molecular weight is 139 g/mol. The molecule has 0 aromatic rings. The van der Waals surface area contributed by atoms with Crippen LogP contribution in [0.15, 0.2) is 11.3 Å². The molecule has 0 heterocycles. The predicted octanol–water partition coefficient (Wildman–Crippen LogP) is 2.25. The van der Waals surface area contributed by atoms with E-state index < -0.39 is 0 Å². The molecule has 0 saturated heterocycles. The zero-order valence-corrected chi connectivity index (χ0v) is 7.44. The van der Waals surface area contributed by atoms with Gasteiger partial charge in [-0.25, -0.2) is 0 Å². The average Bonchev–Trinajstić information content (AvgIpc) is 2.46. The predicted molar refractivity (Wildman–Crippen MR) is 44.8 cm³/mol. The lowest BCUT2D eigenvalue weighted by Crippen LogP contribution is -2.13. The largest absolute Gasteiger partial charge is 0.381 e. The molecule has 0 aliphatic heterocycles. The number of allylic oxidation sites excluding steroid dienone is 2. The van der Waals surface area contributed by atoms with Crippen LogP contribution < -0.4 is 0 Å². The van der Waals surface area contributed by atoms with E-state index in [2.05, 4.69) is 32.8 Å². The molecule has 1 fully saturated rings. The quantitative estimate of drug-likeness (QED) is 0.567. The van der Waals surface area contributed by atoms with Gasteiger partial charge in [0, 0.05) is 19.8 Å². The van der Waals surface area contributed by atoms with Crippen molar-refractivity contribution in [3.05, 3.63) is 11.3 Å². The molecule has 0 spiro atoms. The highest BCUT2D eigenvalue weighted by Crippen LogP contribution is 2.38. The highest BCUT2D eigenvalue weighted by molar-refractivity contribution is 5.15. The molecule has 10 heavy (non-hydrogen) atoms. The molecular formula is C9H17N. The molecule has 0 atom stereocenters. The van der Waals surface area contributed by atoms with Crippen molar-refractivity contribution >= 4 is 0 Å².